The Hall–Kier alpha value is -1.99. The molecule has 2 rings (SSSR count). The summed E-state index contributed by atoms with van der Waals surface area (Å²) in [5, 5.41) is 2.62. The Labute approximate surface area is 158 Å². The van der Waals surface area contributed by atoms with E-state index in [4.69, 9.17) is 4.74 Å². The van der Waals surface area contributed by atoms with E-state index in [0.29, 0.717) is 11.3 Å². The number of esters is 1. The second-order valence-electron chi connectivity index (χ2n) is 5.47. The van der Waals surface area contributed by atoms with Gasteiger partial charge in [-0.15, -0.1) is 11.3 Å². The Morgan fingerprint density at radius 1 is 1.12 bits per heavy atom. The van der Waals surface area contributed by atoms with Gasteiger partial charge in [-0.2, -0.15) is 0 Å². The van der Waals surface area contributed by atoms with Crippen LogP contribution in [-0.4, -0.2) is 24.3 Å². The molecule has 1 amide bonds. The van der Waals surface area contributed by atoms with Crippen LogP contribution in [-0.2, 0) is 14.3 Å². The van der Waals surface area contributed by atoms with Gasteiger partial charge in [0.25, 0.3) is 5.91 Å². The van der Waals surface area contributed by atoms with Crippen molar-refractivity contribution in [2.75, 3.05) is 11.9 Å². The molecule has 0 fully saturated rings. The lowest BCUT2D eigenvalue weighted by Crippen LogP contribution is -2.21. The van der Waals surface area contributed by atoms with Crippen molar-refractivity contribution in [2.45, 2.75) is 26.7 Å². The predicted octanol–water partition coefficient (Wildman–Crippen LogP) is 4.27. The minimum absolute atomic E-state index is 0.0429. The summed E-state index contributed by atoms with van der Waals surface area (Å²) in [5.74, 6) is -1.08. The summed E-state index contributed by atoms with van der Waals surface area (Å²) >= 11 is 4.86. The lowest BCUT2D eigenvalue weighted by atomic mass is 10.1. The summed E-state index contributed by atoms with van der Waals surface area (Å²) < 4.78 is 5.81. The molecule has 0 spiro atoms. The lowest BCUT2D eigenvalue weighted by Gasteiger charge is -2.06. The Morgan fingerprint density at radius 2 is 1.80 bits per heavy atom. The molecule has 0 saturated heterocycles. The molecule has 1 aromatic heterocycles. The molecule has 132 valence electrons. The van der Waals surface area contributed by atoms with E-state index in [1.165, 1.54) is 0 Å². The van der Waals surface area contributed by atoms with Crippen LogP contribution in [0.15, 0.2) is 34.8 Å². The van der Waals surface area contributed by atoms with E-state index >= 15 is 0 Å². The molecule has 0 radical (unpaired) electrons. The highest BCUT2D eigenvalue weighted by atomic mass is 79.9. The molecular weight excluding hydrogens is 406 g/mol. The Morgan fingerprint density at radius 3 is 2.40 bits per heavy atom. The number of carbonyl (C=O) groups excluding carboxylic acids is 3. The number of aryl methyl sites for hydroxylation is 2. The van der Waals surface area contributed by atoms with Crippen molar-refractivity contribution in [1.82, 2.24) is 0 Å². The van der Waals surface area contributed by atoms with Crippen molar-refractivity contribution < 1.29 is 19.1 Å². The molecule has 25 heavy (non-hydrogen) atoms. The first-order chi connectivity index (χ1) is 11.8. The maximum atomic E-state index is 12.1. The second kappa shape index (κ2) is 8.92. The van der Waals surface area contributed by atoms with E-state index in [1.807, 2.05) is 19.9 Å². The fourth-order valence-corrected chi connectivity index (χ4v) is 3.41. The van der Waals surface area contributed by atoms with E-state index < -0.39 is 11.9 Å². The Bertz CT molecular complexity index is 783. The third-order valence-corrected chi connectivity index (χ3v) is 4.88. The van der Waals surface area contributed by atoms with Gasteiger partial charge in [-0.25, -0.2) is 0 Å². The molecule has 0 atom stereocenters. The number of carbonyl (C=O) groups is 3. The molecule has 0 bridgehead atoms. The first-order valence-corrected chi connectivity index (χ1v) is 9.27. The molecule has 2 aromatic rings. The van der Waals surface area contributed by atoms with Crippen molar-refractivity contribution in [3.05, 3.63) is 50.1 Å². The highest BCUT2D eigenvalue weighted by Gasteiger charge is 2.15. The molecule has 0 aliphatic rings. The zero-order valence-corrected chi connectivity index (χ0v) is 16.3. The highest BCUT2D eigenvalue weighted by molar-refractivity contribution is 9.10. The van der Waals surface area contributed by atoms with E-state index in [2.05, 4.69) is 21.2 Å². The van der Waals surface area contributed by atoms with Gasteiger partial charge in [0.05, 0.1) is 6.42 Å². The maximum Gasteiger partial charge on any atom is 0.306 e. The Balaban J connectivity index is 1.73. The molecule has 0 aliphatic carbocycles. The smallest absolute Gasteiger partial charge is 0.306 e. The van der Waals surface area contributed by atoms with Gasteiger partial charge < -0.3 is 10.1 Å². The van der Waals surface area contributed by atoms with Crippen molar-refractivity contribution in [2.24, 2.45) is 0 Å². The van der Waals surface area contributed by atoms with Gasteiger partial charge in [0.15, 0.2) is 12.4 Å². The fourth-order valence-electron chi connectivity index (χ4n) is 2.21. The van der Waals surface area contributed by atoms with Crippen molar-refractivity contribution in [3.63, 3.8) is 0 Å². The Kier molecular flexibility index (Phi) is 6.90. The number of anilines is 1. The van der Waals surface area contributed by atoms with Crippen LogP contribution in [0.5, 0.6) is 0 Å². The molecule has 0 saturated carbocycles. The highest BCUT2D eigenvalue weighted by Crippen LogP contribution is 2.22. The first-order valence-electron chi connectivity index (χ1n) is 7.66. The largest absolute Gasteiger partial charge is 0.456 e. The lowest BCUT2D eigenvalue weighted by molar-refractivity contribution is -0.147. The van der Waals surface area contributed by atoms with E-state index in [1.54, 1.807) is 35.6 Å². The number of ether oxygens (including phenoxy) is 1. The third kappa shape index (κ3) is 6.10. The molecule has 1 heterocycles. The van der Waals surface area contributed by atoms with Crippen LogP contribution in [0, 0.1) is 13.8 Å². The van der Waals surface area contributed by atoms with Gasteiger partial charge in [0, 0.05) is 31.9 Å². The number of amides is 1. The SMILES string of the molecule is Cc1cc(C(=O)CCC(=O)OCC(=O)Nc2ccc(Br)cc2)c(C)s1. The number of hydrogen-bond acceptors (Lipinski definition) is 5. The zero-order valence-electron chi connectivity index (χ0n) is 13.9. The van der Waals surface area contributed by atoms with Crippen LogP contribution in [0.25, 0.3) is 0 Å². The summed E-state index contributed by atoms with van der Waals surface area (Å²) in [6, 6.07) is 8.88. The second-order valence-corrected chi connectivity index (χ2v) is 7.84. The number of nitrogens with one attached hydrogen (secondary N) is 1. The standard InChI is InChI=1S/C18H18BrNO4S/c1-11-9-15(12(2)25-11)16(21)7-8-18(23)24-10-17(22)20-14-5-3-13(19)4-6-14/h3-6,9H,7-8,10H2,1-2H3,(H,20,22). The average molecular weight is 424 g/mol. The quantitative estimate of drug-likeness (QED) is 0.532. The monoisotopic (exact) mass is 423 g/mol. The maximum absolute atomic E-state index is 12.1. The van der Waals surface area contributed by atoms with Gasteiger partial charge in [-0.05, 0) is 44.2 Å². The van der Waals surface area contributed by atoms with Gasteiger partial charge in [-0.3, -0.25) is 14.4 Å². The number of thiophene rings is 1. The van der Waals surface area contributed by atoms with Gasteiger partial charge >= 0.3 is 5.97 Å². The molecule has 0 aliphatic heterocycles. The summed E-state index contributed by atoms with van der Waals surface area (Å²) in [4.78, 5) is 37.6. The van der Waals surface area contributed by atoms with Gasteiger partial charge in [-0.1, -0.05) is 15.9 Å². The number of Topliss-reactive ketones (excluding diaryl/α,β-unsaturated/α-hetero) is 1. The van der Waals surface area contributed by atoms with Crippen LogP contribution in [0.3, 0.4) is 0 Å². The molecule has 1 N–H and O–H groups in total. The number of rotatable bonds is 7. The molecule has 0 unspecified atom stereocenters. The average Bonchev–Trinajstić information content (AvgIpc) is 2.91. The fraction of sp³-hybridized carbons (Fsp3) is 0.278. The van der Waals surface area contributed by atoms with Gasteiger partial charge in [0.1, 0.15) is 0 Å². The normalized spacial score (nSPS) is 10.4. The zero-order chi connectivity index (χ0) is 18.4. The van der Waals surface area contributed by atoms with E-state index in [0.717, 1.165) is 14.2 Å². The van der Waals surface area contributed by atoms with Crippen LogP contribution >= 0.6 is 27.3 Å². The van der Waals surface area contributed by atoms with Crippen molar-refractivity contribution >= 4 is 50.6 Å². The predicted molar refractivity (Wildman–Crippen MR) is 101 cm³/mol. The topological polar surface area (TPSA) is 72.5 Å². The number of halogens is 1. The van der Waals surface area contributed by atoms with Crippen molar-refractivity contribution in [3.8, 4) is 0 Å². The molecule has 5 nitrogen and oxygen atoms in total. The van der Waals surface area contributed by atoms with E-state index in [9.17, 15) is 14.4 Å². The molecule has 7 heteroatoms. The summed E-state index contributed by atoms with van der Waals surface area (Å²) in [6.45, 7) is 3.45. The van der Waals surface area contributed by atoms with Crippen LogP contribution in [0.2, 0.25) is 0 Å². The third-order valence-electron chi connectivity index (χ3n) is 3.39. The molecular formula is C18H18BrNO4S. The van der Waals surface area contributed by atoms with Crippen LogP contribution in [0.1, 0.15) is 33.0 Å². The van der Waals surface area contributed by atoms with Gasteiger partial charge in [0.2, 0.25) is 0 Å². The summed E-state index contributed by atoms with van der Waals surface area (Å²) in [6.07, 6.45) is 0.0307. The minimum Gasteiger partial charge on any atom is -0.456 e. The van der Waals surface area contributed by atoms with Crippen LogP contribution < -0.4 is 5.32 Å². The van der Waals surface area contributed by atoms with E-state index in [-0.39, 0.29) is 25.2 Å². The minimum atomic E-state index is -0.566. The first kappa shape index (κ1) is 19.3. The number of hydrogen-bond donors (Lipinski definition) is 1. The molecule has 1 aromatic carbocycles. The summed E-state index contributed by atoms with van der Waals surface area (Å²) in [7, 11) is 0. The number of benzene rings is 1. The van der Waals surface area contributed by atoms with Crippen molar-refractivity contribution in [1.29, 1.82) is 0 Å². The number of ketones is 1. The van der Waals surface area contributed by atoms with Crippen LogP contribution in [0.4, 0.5) is 5.69 Å². The summed E-state index contributed by atoms with van der Waals surface area (Å²) in [5.41, 5.74) is 1.27.